The number of aliphatic hydroxyl groups excluding tert-OH is 1. The van der Waals surface area contributed by atoms with E-state index >= 15 is 0 Å². The van der Waals surface area contributed by atoms with Crippen LogP contribution in [0.4, 0.5) is 0 Å². The van der Waals surface area contributed by atoms with Crippen LogP contribution in [0.3, 0.4) is 0 Å². The molecule has 13 heteroatoms. The third-order valence-electron chi connectivity index (χ3n) is 9.56. The number of nitrogens with one attached hydrogen (secondary N) is 1. The maximum atomic E-state index is 13.6. The molecule has 7 unspecified atom stereocenters. The second kappa shape index (κ2) is 14.6. The maximum absolute atomic E-state index is 13.6. The summed E-state index contributed by atoms with van der Waals surface area (Å²) in [6, 6.07) is 19.2. The molecule has 2 aliphatic rings. The second-order valence-corrected chi connectivity index (χ2v) is 13.2. The summed E-state index contributed by atoms with van der Waals surface area (Å²) in [6.45, 7) is 1.99. The third-order valence-corrected chi connectivity index (χ3v) is 9.56. The zero-order valence-corrected chi connectivity index (χ0v) is 28.1. The number of allylic oxidation sites excluding steroid dienone is 1. The van der Waals surface area contributed by atoms with Gasteiger partial charge in [0.1, 0.15) is 23.2 Å². The summed E-state index contributed by atoms with van der Waals surface area (Å²) >= 11 is 0. The number of carboxylic acids is 1. The number of aliphatic hydroxyl groups is 3. The van der Waals surface area contributed by atoms with Gasteiger partial charge in [-0.2, -0.15) is 0 Å². The number of aliphatic carboxylic acids is 1. The summed E-state index contributed by atoms with van der Waals surface area (Å²) in [5.41, 5.74) is 0.839. The Kier molecular flexibility index (Phi) is 10.2. The molecule has 2 aliphatic heterocycles. The molecule has 6 rings (SSSR count). The first kappa shape index (κ1) is 36.3. The van der Waals surface area contributed by atoms with Crippen LogP contribution in [0.15, 0.2) is 88.1 Å². The zero-order chi connectivity index (χ0) is 37.2. The van der Waals surface area contributed by atoms with E-state index in [4.69, 9.17) is 19.6 Å². The molecule has 2 bridgehead atoms. The number of rotatable bonds is 9. The molecule has 7 atom stereocenters. The van der Waals surface area contributed by atoms with Crippen LogP contribution >= 0.6 is 0 Å². The number of hydrogen-bond donors (Lipinski definition) is 7. The number of β-amino-alcohol motifs (C(OH)–C–C–N with tert-alkyl or cyclic N) is 1. The quantitative estimate of drug-likeness (QED) is 0.125. The predicted octanol–water partition coefficient (Wildman–Crippen LogP) is 2.63. The molecular formula is C39H38N2O11. The molecule has 1 aromatic heterocycles. The Labute approximate surface area is 297 Å². The van der Waals surface area contributed by atoms with E-state index in [0.717, 1.165) is 5.56 Å². The van der Waals surface area contributed by atoms with Crippen molar-refractivity contribution in [3.63, 3.8) is 0 Å². The van der Waals surface area contributed by atoms with Crippen LogP contribution in [-0.4, -0.2) is 80.2 Å². The van der Waals surface area contributed by atoms with Crippen molar-refractivity contribution in [2.75, 3.05) is 13.1 Å². The largest absolute Gasteiger partial charge is 0.508 e. The third kappa shape index (κ3) is 7.03. The van der Waals surface area contributed by atoms with Gasteiger partial charge in [0.05, 0.1) is 10.9 Å². The number of aromatic hydroxyl groups is 1. The number of nitrogens with two attached hydrogens (primary N) is 1. The van der Waals surface area contributed by atoms with Crippen LogP contribution in [0.25, 0.3) is 28.2 Å². The topological polar surface area (TPSA) is 222 Å². The van der Waals surface area contributed by atoms with Crippen LogP contribution in [0.5, 0.6) is 11.5 Å². The van der Waals surface area contributed by atoms with Crippen molar-refractivity contribution < 1.29 is 49.0 Å². The molecule has 3 heterocycles. The van der Waals surface area contributed by atoms with Crippen LogP contribution in [0.2, 0.25) is 0 Å². The van der Waals surface area contributed by atoms with Gasteiger partial charge in [0, 0.05) is 19.0 Å². The highest BCUT2D eigenvalue weighted by Gasteiger charge is 2.65. The van der Waals surface area contributed by atoms with Crippen LogP contribution in [0.1, 0.15) is 35.9 Å². The molecule has 0 saturated carbocycles. The predicted molar refractivity (Wildman–Crippen MR) is 189 cm³/mol. The first-order valence-electron chi connectivity index (χ1n) is 16.6. The van der Waals surface area contributed by atoms with Crippen molar-refractivity contribution in [2.45, 2.75) is 49.5 Å². The Bertz CT molecular complexity index is 2120. The summed E-state index contributed by atoms with van der Waals surface area (Å²) in [5, 5.41) is 57.9. The van der Waals surface area contributed by atoms with E-state index in [0.29, 0.717) is 13.0 Å². The summed E-state index contributed by atoms with van der Waals surface area (Å²) in [4.78, 5) is 38.4. The van der Waals surface area contributed by atoms with Gasteiger partial charge in [0.15, 0.2) is 11.2 Å². The number of primary amides is 1. The van der Waals surface area contributed by atoms with Crippen molar-refractivity contribution in [3.05, 3.63) is 100 Å². The molecule has 8 N–H and O–H groups in total. The van der Waals surface area contributed by atoms with E-state index in [2.05, 4.69) is 23.2 Å². The van der Waals surface area contributed by atoms with Crippen LogP contribution in [-0.2, 0) is 9.53 Å². The monoisotopic (exact) mass is 710 g/mol. The highest BCUT2D eigenvalue weighted by Crippen LogP contribution is 2.39. The normalized spacial score (nSPS) is 26.6. The summed E-state index contributed by atoms with van der Waals surface area (Å²) in [6.07, 6.45) is -1.20. The van der Waals surface area contributed by atoms with Crippen molar-refractivity contribution in [3.8, 4) is 34.5 Å². The van der Waals surface area contributed by atoms with Gasteiger partial charge in [-0.25, -0.2) is 4.79 Å². The number of phenolic OH excluding ortho intramolecular Hbond substituents is 1. The van der Waals surface area contributed by atoms with Crippen LogP contribution < -0.4 is 21.2 Å². The number of carboxylic acid groups (broad SMARTS) is 1. The average molecular weight is 711 g/mol. The first-order chi connectivity index (χ1) is 24.8. The standard InChI is InChI=1S/C39H38N2O11/c1-22(7-5-10-23-8-3-2-4-9-23)25-11-6-18-38(48)33(35(45)46)52-37(39(49,36(38)47)21-41-20-25)50-27-16-17-28-29(19-27)51-32(34(40)44)30(31(28)43)24-12-14-26(42)15-13-24/h2-5,8-10,12-17,19,22,25,33,36-37,41-42,47-49H,7,11,20-21H2,1H3,(H2,40,44)(H,45,46). The number of phenols is 1. The number of hydrogen-bond acceptors (Lipinski definition) is 11. The Morgan fingerprint density at radius 1 is 1.12 bits per heavy atom. The van der Waals surface area contributed by atoms with Crippen molar-refractivity contribution in [1.29, 1.82) is 0 Å². The summed E-state index contributed by atoms with van der Waals surface area (Å²) in [7, 11) is 0. The molecule has 1 amide bonds. The number of amides is 1. The van der Waals surface area contributed by atoms with Crippen LogP contribution in [0, 0.1) is 23.7 Å². The molecule has 13 nitrogen and oxygen atoms in total. The Hall–Kier alpha value is -5.49. The van der Waals surface area contributed by atoms with E-state index in [1.165, 1.54) is 42.5 Å². The molecule has 1 saturated heterocycles. The van der Waals surface area contributed by atoms with E-state index in [-0.39, 0.29) is 51.9 Å². The fraction of sp³-hybridized carbons (Fsp3) is 0.308. The Morgan fingerprint density at radius 2 is 1.85 bits per heavy atom. The van der Waals surface area contributed by atoms with Crippen molar-refractivity contribution >= 4 is 28.9 Å². The molecule has 52 heavy (non-hydrogen) atoms. The second-order valence-electron chi connectivity index (χ2n) is 13.2. The minimum Gasteiger partial charge on any atom is -0.508 e. The molecule has 3 aromatic carbocycles. The molecule has 0 aliphatic carbocycles. The van der Waals surface area contributed by atoms with Gasteiger partial charge in [0.25, 0.3) is 5.91 Å². The van der Waals surface area contributed by atoms with Gasteiger partial charge in [-0.15, -0.1) is 0 Å². The van der Waals surface area contributed by atoms with E-state index in [1.807, 2.05) is 43.3 Å². The summed E-state index contributed by atoms with van der Waals surface area (Å²) < 4.78 is 17.4. The SMILES string of the molecule is CC(CC=Cc1ccccc1)C1CC#CC2(O)C(C(=O)O)OC(Oc3ccc4c(=O)c(-c5ccc(O)cc5)c(C(N)=O)oc4c3)C(O)(CNC1)C2O. The molecule has 1 fully saturated rings. The van der Waals surface area contributed by atoms with E-state index in [1.54, 1.807) is 0 Å². The number of benzene rings is 3. The number of fused-ring (bicyclic) bond motifs is 3. The Morgan fingerprint density at radius 3 is 2.54 bits per heavy atom. The van der Waals surface area contributed by atoms with Gasteiger partial charge >= 0.3 is 5.97 Å². The lowest BCUT2D eigenvalue weighted by Crippen LogP contribution is -2.76. The summed E-state index contributed by atoms with van der Waals surface area (Å²) in [5.74, 6) is 2.00. The number of carbonyl (C=O) groups is 2. The molecule has 4 aromatic rings. The lowest BCUT2D eigenvalue weighted by atomic mass is 9.75. The van der Waals surface area contributed by atoms with E-state index in [9.17, 15) is 39.9 Å². The highest BCUT2D eigenvalue weighted by molar-refractivity contribution is 5.99. The zero-order valence-electron chi connectivity index (χ0n) is 28.1. The van der Waals surface area contributed by atoms with Gasteiger partial charge in [-0.05, 0) is 60.2 Å². The van der Waals surface area contributed by atoms with Gasteiger partial charge in [-0.1, -0.05) is 73.4 Å². The highest BCUT2D eigenvalue weighted by atomic mass is 16.7. The van der Waals surface area contributed by atoms with Gasteiger partial charge in [-0.3, -0.25) is 9.59 Å². The Balaban J connectivity index is 1.30. The van der Waals surface area contributed by atoms with Crippen molar-refractivity contribution in [2.24, 2.45) is 17.6 Å². The van der Waals surface area contributed by atoms with Crippen molar-refractivity contribution in [1.82, 2.24) is 5.32 Å². The van der Waals surface area contributed by atoms with E-state index < -0.39 is 59.3 Å². The fourth-order valence-electron chi connectivity index (χ4n) is 6.55. The van der Waals surface area contributed by atoms with Gasteiger partial charge in [0.2, 0.25) is 23.6 Å². The molecule has 0 spiro atoms. The lowest BCUT2D eigenvalue weighted by molar-refractivity contribution is -0.328. The first-order valence-corrected chi connectivity index (χ1v) is 16.6. The maximum Gasteiger partial charge on any atom is 0.337 e. The average Bonchev–Trinajstić information content (AvgIpc) is 3.11. The lowest BCUT2D eigenvalue weighted by Gasteiger charge is -2.50. The molecule has 270 valence electrons. The fourth-order valence-corrected chi connectivity index (χ4v) is 6.55. The molecule has 0 radical (unpaired) electrons. The molecular weight excluding hydrogens is 672 g/mol. The number of carbonyl (C=O) groups excluding carboxylic acids is 1. The van der Waals surface area contributed by atoms with Gasteiger partial charge < -0.3 is 50.5 Å². The minimum absolute atomic E-state index is 0.0240. The smallest absolute Gasteiger partial charge is 0.337 e. The minimum atomic E-state index is -2.72. The number of ether oxygens (including phenoxy) is 2.